The first-order valence-corrected chi connectivity index (χ1v) is 41.4. The summed E-state index contributed by atoms with van der Waals surface area (Å²) in [7, 11) is 0. The molecule has 8 aromatic heterocycles. The van der Waals surface area contributed by atoms with Gasteiger partial charge in [0, 0.05) is 19.1 Å². The molecule has 9 aromatic rings. The van der Waals surface area contributed by atoms with Crippen LogP contribution in [0.15, 0.2) is 157 Å². The molecule has 10 rings (SSSR count). The molecule has 0 spiro atoms. The number of rotatable bonds is 21. The number of aliphatic hydroxyl groups is 2. The zero-order valence-electron chi connectivity index (χ0n) is 62.9. The number of hydrogen-bond donors (Lipinski definition) is 4. The average molecular weight is 2220 g/mol. The molecule has 119 heavy (non-hydrogen) atoms. The number of aromatic carboxylic acids is 2. The van der Waals surface area contributed by atoms with Crippen molar-refractivity contribution >= 4 is 232 Å². The zero-order chi connectivity index (χ0) is 88.6. The SMILES string of the molecule is C.CCOC(=O)c1ccc(Br)c(C(=O)OCC)n1.CCOC(=O)c1ccc(Br)c(CO)n1.CCOC(=O)c1nc(CCl)ccc1Br.CCOC(=O)c1nc(CN2C(=O)c3ccccc3C2=O)ccc1Br.CCOC(=O)c1nc(CO)ccc1Br.Cc1ccc(Br)c(C)n1.O=C(Cl)c1ccc(Br)c(C(=O)Cl)n1.O=C(O)c1ccc(Br)c(C(=O)O)n1. The van der Waals surface area contributed by atoms with Crippen LogP contribution < -0.4 is 0 Å². The molecule has 4 N–H and O–H groups in total. The van der Waals surface area contributed by atoms with Crippen molar-refractivity contribution in [2.75, 3.05) is 39.6 Å². The summed E-state index contributed by atoms with van der Waals surface area (Å²) in [6.45, 7) is 15.5. The first-order valence-electron chi connectivity index (χ1n) is 33.8. The molecule has 1 aliphatic heterocycles. The topological polar surface area (TPSA) is 448 Å². The minimum absolute atomic E-state index is 0. The van der Waals surface area contributed by atoms with E-state index in [1.54, 1.807) is 120 Å². The number of carbonyl (C=O) groups excluding carboxylic acids is 10. The molecule has 0 unspecified atom stereocenters. The summed E-state index contributed by atoms with van der Waals surface area (Å²) in [6, 6.07) is 32.4. The Labute approximate surface area is 763 Å². The molecular weight excluding hydrogens is 2150 g/mol. The molecule has 0 saturated carbocycles. The molecule has 42 heteroatoms. The normalized spacial score (nSPS) is 10.4. The lowest BCUT2D eigenvalue weighted by atomic mass is 10.1. The highest BCUT2D eigenvalue weighted by Crippen LogP contribution is 2.27. The maximum atomic E-state index is 12.4. The minimum Gasteiger partial charge on any atom is -0.477 e. The van der Waals surface area contributed by atoms with E-state index in [4.69, 9.17) is 83.7 Å². The molecule has 0 atom stereocenters. The summed E-state index contributed by atoms with van der Waals surface area (Å²) in [5, 5.41) is 33.4. The van der Waals surface area contributed by atoms with Gasteiger partial charge in [0.1, 0.15) is 28.5 Å². The number of fused-ring (bicyclic) bond motifs is 1. The van der Waals surface area contributed by atoms with Crippen molar-refractivity contribution in [3.05, 3.63) is 259 Å². The number of esters is 6. The van der Waals surface area contributed by atoms with Gasteiger partial charge in [0.2, 0.25) is 0 Å². The molecule has 2 amide bonds. The van der Waals surface area contributed by atoms with Crippen molar-refractivity contribution in [2.45, 2.75) is 88.5 Å². The second kappa shape index (κ2) is 55.3. The number of aryl methyl sites for hydroxylation is 2. The Kier molecular flexibility index (Phi) is 49.4. The van der Waals surface area contributed by atoms with Gasteiger partial charge >= 0.3 is 47.8 Å². The number of carbonyl (C=O) groups is 12. The van der Waals surface area contributed by atoms with Gasteiger partial charge in [0.05, 0.1) is 127 Å². The second-order valence-electron chi connectivity index (χ2n) is 21.8. The Balaban J connectivity index is 0.000000467. The highest BCUT2D eigenvalue weighted by Gasteiger charge is 2.36. The number of aliphatic hydroxyl groups excluding tert-OH is 2. The lowest BCUT2D eigenvalue weighted by Gasteiger charge is -2.14. The zero-order valence-corrected chi connectivity index (χ0v) is 77.9. The Morgan fingerprint density at radius 3 is 1.08 bits per heavy atom. The molecule has 1 aliphatic rings. The van der Waals surface area contributed by atoms with Crippen LogP contribution in [0.3, 0.4) is 0 Å². The van der Waals surface area contributed by atoms with E-state index in [0.717, 1.165) is 20.8 Å². The van der Waals surface area contributed by atoms with Gasteiger partial charge in [-0.25, -0.2) is 73.2 Å². The van der Waals surface area contributed by atoms with Gasteiger partial charge in [-0.05, 0) is 315 Å². The number of benzene rings is 1. The number of carboxylic acids is 2. The monoisotopic (exact) mass is 2210 g/mol. The van der Waals surface area contributed by atoms with Crippen LogP contribution in [0.4, 0.5) is 0 Å². The number of carboxylic acid groups (broad SMARTS) is 2. The predicted octanol–water partition coefficient (Wildman–Crippen LogP) is 17.7. The second-order valence-corrected chi connectivity index (χ2v) is 29.6. The third kappa shape index (κ3) is 34.7. The Hall–Kier alpha value is -8.71. The fraction of sp³-hybridized carbons (Fsp3) is 0.247. The average Bonchev–Trinajstić information content (AvgIpc) is 1.63. The molecule has 0 fully saturated rings. The largest absolute Gasteiger partial charge is 0.477 e. The van der Waals surface area contributed by atoms with Crippen molar-refractivity contribution < 1.29 is 106 Å². The van der Waals surface area contributed by atoms with Crippen LogP contribution in [0.5, 0.6) is 0 Å². The Bertz CT molecular complexity index is 4950. The van der Waals surface area contributed by atoms with Gasteiger partial charge < -0.3 is 48.8 Å². The van der Waals surface area contributed by atoms with Gasteiger partial charge in [0.25, 0.3) is 22.3 Å². The van der Waals surface area contributed by atoms with Crippen molar-refractivity contribution in [2.24, 2.45) is 0 Å². The van der Waals surface area contributed by atoms with Crippen molar-refractivity contribution in [3.63, 3.8) is 0 Å². The number of halogens is 11. The summed E-state index contributed by atoms with van der Waals surface area (Å²) in [5.74, 6) is -6.08. The van der Waals surface area contributed by atoms with Crippen LogP contribution in [-0.2, 0) is 54.1 Å². The summed E-state index contributed by atoms with van der Waals surface area (Å²) in [6.07, 6.45) is 0. The number of imide groups is 1. The molecule has 31 nitrogen and oxygen atoms in total. The molecule has 0 saturated heterocycles. The van der Waals surface area contributed by atoms with E-state index in [-0.39, 0.29) is 126 Å². The number of ether oxygens (including phenoxy) is 6. The van der Waals surface area contributed by atoms with E-state index < -0.39 is 58.2 Å². The highest BCUT2D eigenvalue weighted by atomic mass is 79.9. The van der Waals surface area contributed by atoms with Gasteiger partial charge in [-0.15, -0.1) is 11.6 Å². The first kappa shape index (κ1) is 106. The van der Waals surface area contributed by atoms with Crippen LogP contribution in [0.2, 0.25) is 0 Å². The third-order valence-electron chi connectivity index (χ3n) is 13.6. The van der Waals surface area contributed by atoms with E-state index in [1.807, 2.05) is 26.0 Å². The predicted molar refractivity (Wildman–Crippen MR) is 464 cm³/mol. The van der Waals surface area contributed by atoms with E-state index in [1.165, 1.54) is 30.3 Å². The van der Waals surface area contributed by atoms with E-state index in [2.05, 4.69) is 167 Å². The fourth-order valence-electron chi connectivity index (χ4n) is 8.36. The molecule has 0 aliphatic carbocycles. The maximum absolute atomic E-state index is 12.4. The van der Waals surface area contributed by atoms with Crippen LogP contribution in [0.25, 0.3) is 0 Å². The van der Waals surface area contributed by atoms with Gasteiger partial charge in [-0.2, -0.15) is 0 Å². The van der Waals surface area contributed by atoms with Crippen LogP contribution >= 0.6 is 162 Å². The Morgan fingerprint density at radius 1 is 0.361 bits per heavy atom. The fourth-order valence-corrected chi connectivity index (χ4v) is 11.8. The van der Waals surface area contributed by atoms with E-state index in [9.17, 15) is 57.5 Å². The van der Waals surface area contributed by atoms with Gasteiger partial charge in [-0.3, -0.25) is 29.1 Å². The van der Waals surface area contributed by atoms with Crippen molar-refractivity contribution in [1.29, 1.82) is 0 Å². The molecular formula is C77H72Br8Cl3N9O22. The van der Waals surface area contributed by atoms with Crippen molar-refractivity contribution in [1.82, 2.24) is 44.8 Å². The molecule has 0 bridgehead atoms. The lowest BCUT2D eigenvalue weighted by Crippen LogP contribution is -2.29. The minimum atomic E-state index is -1.27. The first-order chi connectivity index (χ1) is 55.9. The highest BCUT2D eigenvalue weighted by molar-refractivity contribution is 9.11. The standard InChI is InChI=1S/C17H13BrN2O4.C11H12BrNO4.C9H9BrClNO2.2C9H10BrNO3.C7H2BrCl2NO2.C7H4BrNO4.C7H8BrN.CH4/c1-2-24-17(23)14-13(18)8-7-10(19-14)9-20-15(21)11-5-3-4-6-12(11)16(20)22;1-3-16-10(14)8-6-5-7(12)9(13-8)11(15)17-4-2;1-2-14-9(13)8-7(10)4-3-6(5-11)12-8;1-2-14-9(13)7-4-3-6(10)8(5-12)11-7;1-2-14-9(13)8-7(10)4-3-6(5-12)11-8;8-3-1-2-4(6(9)12)11-5(3)7(10)13;8-3-1-2-4(6(10)11)9-5(3)7(12)13;1-5-3-4-7(8)6(2)9-5;/h3-8H,2,9H2,1H3;5-6H,3-4H2,1-2H3;3-4H,2,5H2,1H3;2*3-4,12H,2,5H2,1H3;1-2H;1-2H,(H,10,11)(H,12,13);3-4H,1-2H3;1H4. The number of alkyl halides is 1. The quantitative estimate of drug-likeness (QED) is 0.0171. The van der Waals surface area contributed by atoms with Gasteiger partial charge in [0.15, 0.2) is 28.5 Å². The van der Waals surface area contributed by atoms with Crippen molar-refractivity contribution in [3.8, 4) is 0 Å². The summed E-state index contributed by atoms with van der Waals surface area (Å²) >= 11 is 41.4. The summed E-state index contributed by atoms with van der Waals surface area (Å²) in [5.41, 5.74) is 5.13. The van der Waals surface area contributed by atoms with Crippen LogP contribution in [-0.4, -0.2) is 175 Å². The van der Waals surface area contributed by atoms with E-state index >= 15 is 0 Å². The third-order valence-corrected chi connectivity index (χ3v) is 19.7. The smallest absolute Gasteiger partial charge is 0.358 e. The lowest BCUT2D eigenvalue weighted by molar-refractivity contribution is 0.0496. The summed E-state index contributed by atoms with van der Waals surface area (Å²) in [4.78, 5) is 168. The molecule has 0 radical (unpaired) electrons. The van der Waals surface area contributed by atoms with Crippen LogP contribution in [0, 0.1) is 13.8 Å². The maximum Gasteiger partial charge on any atom is 0.358 e. The molecule has 1 aromatic carbocycles. The Morgan fingerprint density at radius 2 is 0.697 bits per heavy atom. The van der Waals surface area contributed by atoms with Crippen LogP contribution in [0.1, 0.15) is 209 Å². The van der Waals surface area contributed by atoms with E-state index in [0.29, 0.717) is 80.6 Å². The molecule has 9 heterocycles. The number of nitrogens with zero attached hydrogens (tertiary/aromatic N) is 9. The molecule has 634 valence electrons. The summed E-state index contributed by atoms with van der Waals surface area (Å²) < 4.78 is 33.5. The van der Waals surface area contributed by atoms with Gasteiger partial charge in [-0.1, -0.05) is 19.6 Å². The number of hydrogen-bond acceptors (Lipinski definition) is 28. The number of pyridine rings is 8. The number of amides is 2. The number of aromatic nitrogens is 8.